The Balaban J connectivity index is 1.55. The molecule has 0 spiro atoms. The Morgan fingerprint density at radius 3 is 2.44 bits per heavy atom. The molecule has 0 saturated heterocycles. The molecule has 1 unspecified atom stereocenters. The molecule has 1 atom stereocenters. The zero-order valence-corrected chi connectivity index (χ0v) is 26.3. The Morgan fingerprint density at radius 2 is 1.78 bits per heavy atom. The van der Waals surface area contributed by atoms with Crippen LogP contribution < -0.4 is 9.86 Å². The summed E-state index contributed by atoms with van der Waals surface area (Å²) in [6, 6.07) is 12.8. The number of esters is 1. The number of hydrogen-bond acceptors (Lipinski definition) is 6. The van der Waals surface area contributed by atoms with Crippen LogP contribution in [0.25, 0.3) is 5.69 Å². The number of sulfonamides is 1. The maximum Gasteiger partial charge on any atom is 0.333 e. The first-order valence-electron chi connectivity index (χ1n) is 13.9. The van der Waals surface area contributed by atoms with E-state index in [2.05, 4.69) is 0 Å². The van der Waals surface area contributed by atoms with Crippen LogP contribution in [-0.2, 0) is 33.0 Å². The van der Waals surface area contributed by atoms with Crippen LogP contribution in [-0.4, -0.2) is 54.8 Å². The molecule has 0 saturated carbocycles. The number of hydrogen-bond donors (Lipinski definition) is 0. The molecule has 5 rings (SSSR count). The van der Waals surface area contributed by atoms with Gasteiger partial charge in [-0.15, -0.1) is 0 Å². The first kappa shape index (κ1) is 31.9. The third-order valence-corrected chi connectivity index (χ3v) is 9.96. The van der Waals surface area contributed by atoms with Crippen molar-refractivity contribution in [3.05, 3.63) is 110 Å². The number of carbonyl (C=O) groups is 2. The molecule has 1 aliphatic heterocycles. The molecular formula is C31H29ClF2N4O6S. The van der Waals surface area contributed by atoms with Crippen LogP contribution in [0, 0.1) is 18.6 Å². The topological polar surface area (TPSA) is 111 Å². The number of rotatable bonds is 7. The molecule has 0 fully saturated rings. The van der Waals surface area contributed by atoms with Crippen molar-refractivity contribution in [2.24, 2.45) is 7.05 Å². The summed E-state index contributed by atoms with van der Waals surface area (Å²) in [6.07, 6.45) is -0.111. The minimum atomic E-state index is -4.43. The van der Waals surface area contributed by atoms with Crippen molar-refractivity contribution in [3.63, 3.8) is 0 Å². The minimum Gasteiger partial charge on any atom is -0.464 e. The molecule has 0 radical (unpaired) electrons. The number of nitrogens with zero attached hydrogens (tertiary/aromatic N) is 4. The summed E-state index contributed by atoms with van der Waals surface area (Å²) in [5, 5.41) is -0.109. The highest BCUT2D eigenvalue weighted by atomic mass is 35.5. The third-order valence-electron chi connectivity index (χ3n) is 7.88. The maximum atomic E-state index is 14.7. The summed E-state index contributed by atoms with van der Waals surface area (Å²) in [4.78, 5) is 41.3. The summed E-state index contributed by atoms with van der Waals surface area (Å²) < 4.78 is 65.3. The molecule has 1 aromatic heterocycles. The summed E-state index contributed by atoms with van der Waals surface area (Å²) in [6.45, 7) is 2.93. The summed E-state index contributed by atoms with van der Waals surface area (Å²) in [7, 11) is -1.57. The Morgan fingerprint density at radius 1 is 1.09 bits per heavy atom. The molecule has 1 aliphatic rings. The maximum absolute atomic E-state index is 14.7. The first-order chi connectivity index (χ1) is 21.3. The van der Waals surface area contributed by atoms with Gasteiger partial charge in [0.05, 0.1) is 33.5 Å². The Hall–Kier alpha value is -4.49. The van der Waals surface area contributed by atoms with E-state index in [1.807, 2.05) is 0 Å². The highest BCUT2D eigenvalue weighted by Gasteiger charge is 2.40. The highest BCUT2D eigenvalue weighted by molar-refractivity contribution is 7.92. The molecule has 4 aromatic rings. The van der Waals surface area contributed by atoms with Gasteiger partial charge in [0, 0.05) is 20.6 Å². The molecule has 1 amide bonds. The van der Waals surface area contributed by atoms with Crippen molar-refractivity contribution in [2.75, 3.05) is 24.5 Å². The summed E-state index contributed by atoms with van der Waals surface area (Å²) in [5.41, 5.74) is -0.0298. The lowest BCUT2D eigenvalue weighted by Crippen LogP contribution is -2.44. The van der Waals surface area contributed by atoms with E-state index in [0.29, 0.717) is 11.4 Å². The number of ether oxygens (including phenoxy) is 1. The predicted octanol–water partition coefficient (Wildman–Crippen LogP) is 4.54. The monoisotopic (exact) mass is 658 g/mol. The zero-order chi connectivity index (χ0) is 32.8. The molecular weight excluding hydrogens is 630 g/mol. The molecule has 3 aromatic carbocycles. The number of carbonyl (C=O) groups excluding carboxylic acids is 2. The summed E-state index contributed by atoms with van der Waals surface area (Å²) >= 11 is 6.40. The van der Waals surface area contributed by atoms with Crippen molar-refractivity contribution < 1.29 is 31.5 Å². The second kappa shape index (κ2) is 12.1. The molecule has 236 valence electrons. The molecule has 0 N–H and O–H groups in total. The lowest BCUT2D eigenvalue weighted by atomic mass is 9.91. The van der Waals surface area contributed by atoms with Crippen molar-refractivity contribution in [1.29, 1.82) is 0 Å². The lowest BCUT2D eigenvalue weighted by molar-refractivity contribution is -0.149. The third kappa shape index (κ3) is 5.39. The molecule has 45 heavy (non-hydrogen) atoms. The molecule has 10 nitrogen and oxygen atoms in total. The van der Waals surface area contributed by atoms with Crippen molar-refractivity contribution in [2.45, 2.75) is 31.2 Å². The molecule has 0 bridgehead atoms. The van der Waals surface area contributed by atoms with Crippen molar-refractivity contribution in [3.8, 4) is 5.69 Å². The molecule has 2 heterocycles. The van der Waals surface area contributed by atoms with Crippen LogP contribution in [0.5, 0.6) is 0 Å². The van der Waals surface area contributed by atoms with Crippen LogP contribution in [0.4, 0.5) is 14.5 Å². The van der Waals surface area contributed by atoms with Crippen molar-refractivity contribution in [1.82, 2.24) is 14.3 Å². The quantitative estimate of drug-likeness (QED) is 0.270. The lowest BCUT2D eigenvalue weighted by Gasteiger charge is -2.36. The van der Waals surface area contributed by atoms with Gasteiger partial charge in [-0.3, -0.25) is 18.6 Å². The average molecular weight is 659 g/mol. The number of para-hydroxylation sites is 1. The smallest absolute Gasteiger partial charge is 0.333 e. The van der Waals surface area contributed by atoms with Crippen molar-refractivity contribution >= 4 is 39.2 Å². The molecule has 14 heteroatoms. The largest absolute Gasteiger partial charge is 0.464 e. The van der Waals surface area contributed by atoms with Gasteiger partial charge in [0.1, 0.15) is 5.69 Å². The number of anilines is 1. The summed E-state index contributed by atoms with van der Waals surface area (Å²) in [5.74, 6) is -3.90. The highest BCUT2D eigenvalue weighted by Crippen LogP contribution is 2.36. The van der Waals surface area contributed by atoms with E-state index in [1.54, 1.807) is 51.2 Å². The van der Waals surface area contributed by atoms with Gasteiger partial charge < -0.3 is 9.64 Å². The van der Waals surface area contributed by atoms with Crippen LogP contribution in [0.3, 0.4) is 0 Å². The van der Waals surface area contributed by atoms with E-state index in [1.165, 1.54) is 34.6 Å². The number of aromatic nitrogens is 2. The Labute approximate surface area is 263 Å². The van der Waals surface area contributed by atoms with Gasteiger partial charge in [0.15, 0.2) is 17.7 Å². The standard InChI is InChI=1S/C31H29ClF2N4O6S/c1-5-44-31(41)28-22-12-14-25(33)26(34)21(22)15-16-37(28)29(39)23-17-20(11-13-24(23)32)45(42,43)36(4)27-18(2)35(3)38(30(27)40)19-9-7-6-8-10-19/h6-14,17,28H,5,15-16H2,1-4H3. The SMILES string of the molecule is CCOC(=O)C1c2ccc(F)c(F)c2CCN1C(=O)c1cc(S(=O)(=O)N(C)c2c(C)n(C)n(-c3ccccc3)c2=O)ccc1Cl. The van der Waals surface area contributed by atoms with Gasteiger partial charge in [-0.25, -0.2) is 26.7 Å². The van der Waals surface area contributed by atoms with E-state index < -0.39 is 45.1 Å². The van der Waals surface area contributed by atoms with Crippen LogP contribution in [0.1, 0.15) is 40.1 Å². The first-order valence-corrected chi connectivity index (χ1v) is 15.7. The van der Waals surface area contributed by atoms with Gasteiger partial charge >= 0.3 is 5.97 Å². The van der Waals surface area contributed by atoms with E-state index >= 15 is 0 Å². The average Bonchev–Trinajstić information content (AvgIpc) is 3.25. The fraction of sp³-hybridized carbons (Fsp3) is 0.258. The van der Waals surface area contributed by atoms with Gasteiger partial charge in [-0.2, -0.15) is 0 Å². The number of halogens is 3. The van der Waals surface area contributed by atoms with Gasteiger partial charge in [-0.05, 0) is 67.8 Å². The minimum absolute atomic E-state index is 0.0396. The Kier molecular flexibility index (Phi) is 8.60. The van der Waals surface area contributed by atoms with Crippen LogP contribution in [0.15, 0.2) is 70.4 Å². The van der Waals surface area contributed by atoms with E-state index in [4.69, 9.17) is 16.3 Å². The second-order valence-corrected chi connectivity index (χ2v) is 12.7. The van der Waals surface area contributed by atoms with E-state index in [9.17, 15) is 31.6 Å². The van der Waals surface area contributed by atoms with E-state index in [-0.39, 0.29) is 51.9 Å². The van der Waals surface area contributed by atoms with Gasteiger partial charge in [0.2, 0.25) is 0 Å². The fourth-order valence-corrected chi connectivity index (χ4v) is 6.99. The second-order valence-electron chi connectivity index (χ2n) is 10.4. The number of benzene rings is 3. The van der Waals surface area contributed by atoms with E-state index in [0.717, 1.165) is 21.3 Å². The number of fused-ring (bicyclic) bond motifs is 1. The van der Waals surface area contributed by atoms with Gasteiger partial charge in [-0.1, -0.05) is 35.9 Å². The zero-order valence-electron chi connectivity index (χ0n) is 24.8. The fourth-order valence-electron chi connectivity index (χ4n) is 5.52. The molecule has 0 aliphatic carbocycles. The predicted molar refractivity (Wildman–Crippen MR) is 163 cm³/mol. The number of amides is 1. The van der Waals surface area contributed by atoms with Gasteiger partial charge in [0.25, 0.3) is 21.5 Å². The normalized spacial score (nSPS) is 14.6. The van der Waals surface area contributed by atoms with Crippen LogP contribution in [0.2, 0.25) is 5.02 Å². The Bertz CT molecular complexity index is 2000. The van der Waals surface area contributed by atoms with Crippen LogP contribution >= 0.6 is 11.6 Å².